The topological polar surface area (TPSA) is 32.3 Å². The summed E-state index contributed by atoms with van der Waals surface area (Å²) < 4.78 is 63.9. The van der Waals surface area contributed by atoms with E-state index in [4.69, 9.17) is 0 Å². The van der Waals surface area contributed by atoms with Crippen molar-refractivity contribution in [3.63, 3.8) is 0 Å². The van der Waals surface area contributed by atoms with Crippen molar-refractivity contribution in [2.75, 3.05) is 19.8 Å². The molecule has 24 heavy (non-hydrogen) atoms. The minimum absolute atomic E-state index is 0. The summed E-state index contributed by atoms with van der Waals surface area (Å²) in [6, 6.07) is 4.61. The van der Waals surface area contributed by atoms with Crippen molar-refractivity contribution < 1.29 is 26.7 Å². The maximum absolute atomic E-state index is 13.3. The molecule has 0 spiro atoms. The van der Waals surface area contributed by atoms with Gasteiger partial charge in [-0.15, -0.1) is 12.4 Å². The Labute approximate surface area is 142 Å². The molecule has 9 heteroatoms. The molecule has 136 valence electrons. The Morgan fingerprint density at radius 3 is 2.62 bits per heavy atom. The van der Waals surface area contributed by atoms with Crippen molar-refractivity contribution in [3.8, 4) is 0 Å². The number of rotatable bonds is 4. The zero-order valence-corrected chi connectivity index (χ0v) is 13.5. The van der Waals surface area contributed by atoms with E-state index in [0.29, 0.717) is 17.0 Å². The second kappa shape index (κ2) is 8.62. The summed E-state index contributed by atoms with van der Waals surface area (Å²) in [5, 5.41) is 3.09. The summed E-state index contributed by atoms with van der Waals surface area (Å²) in [6.45, 7) is -1.28. The van der Waals surface area contributed by atoms with Gasteiger partial charge in [-0.25, -0.2) is 8.78 Å². The van der Waals surface area contributed by atoms with E-state index >= 15 is 0 Å². The molecule has 1 saturated heterocycles. The van der Waals surface area contributed by atoms with Gasteiger partial charge in [-0.1, -0.05) is 12.1 Å². The highest BCUT2D eigenvalue weighted by Gasteiger charge is 2.45. The van der Waals surface area contributed by atoms with Crippen LogP contribution in [0.25, 0.3) is 0 Å². The lowest BCUT2D eigenvalue weighted by Gasteiger charge is -2.38. The average Bonchev–Trinajstić information content (AvgIpc) is 2.51. The maximum Gasteiger partial charge on any atom is 0.471 e. The van der Waals surface area contributed by atoms with E-state index < -0.39 is 37.2 Å². The van der Waals surface area contributed by atoms with E-state index in [9.17, 15) is 26.7 Å². The number of hydrogen-bond acceptors (Lipinski definition) is 2. The zero-order chi connectivity index (χ0) is 17.0. The molecule has 0 unspecified atom stereocenters. The third-order valence-electron chi connectivity index (χ3n) is 3.90. The molecule has 1 heterocycles. The first kappa shape index (κ1) is 20.6. The van der Waals surface area contributed by atoms with Crippen molar-refractivity contribution in [3.05, 3.63) is 35.6 Å². The van der Waals surface area contributed by atoms with Gasteiger partial charge in [0.25, 0.3) is 0 Å². The molecule has 1 fully saturated rings. The molecule has 1 N–H and O–H groups in total. The summed E-state index contributed by atoms with van der Waals surface area (Å²) in [5.41, 5.74) is 0.592. The molecule has 1 aliphatic heterocycles. The van der Waals surface area contributed by atoms with Gasteiger partial charge in [0, 0.05) is 18.6 Å². The SMILES string of the molecule is Cl.O=C(N(CCF)[C@@H]1CCN[C@H](c2cccc(F)c2)C1)C(F)(F)F. The lowest BCUT2D eigenvalue weighted by Crippen LogP contribution is -2.52. The molecular weight excluding hydrogens is 355 g/mol. The van der Waals surface area contributed by atoms with Crippen LogP contribution in [0.5, 0.6) is 0 Å². The smallest absolute Gasteiger partial charge is 0.329 e. The molecule has 1 aromatic rings. The standard InChI is InChI=1S/C15H17F5N2O.ClH/c16-5-7-22(14(23)15(18,19)20)12-4-6-21-13(9-12)10-2-1-3-11(17)8-10;/h1-3,8,12-13,21H,4-7,9H2;1H/t12-,13+;/m1./s1. The number of halogens is 6. The molecule has 0 bridgehead atoms. The molecule has 1 aromatic carbocycles. The lowest BCUT2D eigenvalue weighted by atomic mass is 9.92. The van der Waals surface area contributed by atoms with Crippen LogP contribution >= 0.6 is 12.4 Å². The minimum Gasteiger partial charge on any atom is -0.329 e. The van der Waals surface area contributed by atoms with Crippen LogP contribution in [0.15, 0.2) is 24.3 Å². The van der Waals surface area contributed by atoms with E-state index in [1.165, 1.54) is 18.2 Å². The summed E-state index contributed by atoms with van der Waals surface area (Å²) in [4.78, 5) is 12.1. The van der Waals surface area contributed by atoms with Crippen molar-refractivity contribution in [1.29, 1.82) is 0 Å². The van der Waals surface area contributed by atoms with Crippen LogP contribution in [0.4, 0.5) is 22.0 Å². The minimum atomic E-state index is -5.03. The van der Waals surface area contributed by atoms with Gasteiger partial charge < -0.3 is 10.2 Å². The normalized spacial score (nSPS) is 21.0. The van der Waals surface area contributed by atoms with Crippen LogP contribution in [0.2, 0.25) is 0 Å². The molecule has 0 aromatic heterocycles. The highest BCUT2D eigenvalue weighted by Crippen LogP contribution is 2.29. The third-order valence-corrected chi connectivity index (χ3v) is 3.90. The Morgan fingerprint density at radius 2 is 2.04 bits per heavy atom. The molecule has 3 nitrogen and oxygen atoms in total. The number of piperidine rings is 1. The first-order chi connectivity index (χ1) is 10.8. The maximum atomic E-state index is 13.3. The second-order valence-corrected chi connectivity index (χ2v) is 5.43. The number of amides is 1. The first-order valence-electron chi connectivity index (χ1n) is 7.25. The largest absolute Gasteiger partial charge is 0.471 e. The number of carbonyl (C=O) groups is 1. The number of carbonyl (C=O) groups excluding carboxylic acids is 1. The third kappa shape index (κ3) is 5.04. The Kier molecular flexibility index (Phi) is 7.41. The monoisotopic (exact) mass is 372 g/mol. The van der Waals surface area contributed by atoms with E-state index in [2.05, 4.69) is 5.32 Å². The van der Waals surface area contributed by atoms with E-state index in [0.717, 1.165) is 0 Å². The highest BCUT2D eigenvalue weighted by atomic mass is 35.5. The molecule has 2 rings (SSSR count). The van der Waals surface area contributed by atoms with Gasteiger partial charge in [-0.3, -0.25) is 4.79 Å². The van der Waals surface area contributed by atoms with Crippen molar-refractivity contribution >= 4 is 18.3 Å². The summed E-state index contributed by atoms with van der Waals surface area (Å²) in [5.74, 6) is -2.47. The predicted molar refractivity (Wildman–Crippen MR) is 81.2 cm³/mol. The fraction of sp³-hybridized carbons (Fsp3) is 0.533. The zero-order valence-electron chi connectivity index (χ0n) is 12.7. The van der Waals surface area contributed by atoms with Crippen LogP contribution < -0.4 is 5.32 Å². The Balaban J connectivity index is 0.00000288. The number of hydrogen-bond donors (Lipinski definition) is 1. The fourth-order valence-electron chi connectivity index (χ4n) is 2.86. The fourth-order valence-corrected chi connectivity index (χ4v) is 2.86. The Morgan fingerprint density at radius 1 is 1.33 bits per heavy atom. The summed E-state index contributed by atoms with van der Waals surface area (Å²) >= 11 is 0. The molecule has 1 amide bonds. The van der Waals surface area contributed by atoms with Crippen molar-refractivity contribution in [2.24, 2.45) is 0 Å². The van der Waals surface area contributed by atoms with Gasteiger partial charge >= 0.3 is 12.1 Å². The summed E-state index contributed by atoms with van der Waals surface area (Å²) in [7, 11) is 0. The first-order valence-corrected chi connectivity index (χ1v) is 7.25. The molecule has 0 saturated carbocycles. The van der Waals surface area contributed by atoms with Crippen LogP contribution in [0.3, 0.4) is 0 Å². The van der Waals surface area contributed by atoms with Gasteiger partial charge in [0.1, 0.15) is 12.5 Å². The number of benzene rings is 1. The van der Waals surface area contributed by atoms with Crippen molar-refractivity contribution in [2.45, 2.75) is 31.1 Å². The number of nitrogens with one attached hydrogen (secondary N) is 1. The predicted octanol–water partition coefficient (Wildman–Crippen LogP) is 3.40. The van der Waals surface area contributed by atoms with Crippen LogP contribution in [0.1, 0.15) is 24.4 Å². The number of alkyl halides is 4. The number of nitrogens with zero attached hydrogens (tertiary/aromatic N) is 1. The van der Waals surface area contributed by atoms with Crippen LogP contribution in [-0.2, 0) is 4.79 Å². The Bertz CT molecular complexity index is 555. The Hall–Kier alpha value is -1.41. The molecule has 2 atom stereocenters. The molecule has 1 aliphatic rings. The van der Waals surface area contributed by atoms with E-state index in [1.807, 2.05) is 0 Å². The van der Waals surface area contributed by atoms with Gasteiger partial charge in [0.15, 0.2) is 0 Å². The quantitative estimate of drug-likeness (QED) is 0.822. The van der Waals surface area contributed by atoms with Gasteiger partial charge in [-0.2, -0.15) is 13.2 Å². The molecular formula is C15H18ClF5N2O. The second-order valence-electron chi connectivity index (χ2n) is 5.43. The van der Waals surface area contributed by atoms with Crippen LogP contribution in [-0.4, -0.2) is 42.8 Å². The van der Waals surface area contributed by atoms with E-state index in [1.54, 1.807) is 6.07 Å². The summed E-state index contributed by atoms with van der Waals surface area (Å²) in [6.07, 6.45) is -4.58. The molecule has 0 radical (unpaired) electrons. The van der Waals surface area contributed by atoms with Gasteiger partial charge in [-0.05, 0) is 37.1 Å². The lowest BCUT2D eigenvalue weighted by molar-refractivity contribution is -0.188. The molecule has 0 aliphatic carbocycles. The van der Waals surface area contributed by atoms with Crippen LogP contribution in [0, 0.1) is 5.82 Å². The average molecular weight is 373 g/mol. The van der Waals surface area contributed by atoms with E-state index in [-0.39, 0.29) is 31.3 Å². The van der Waals surface area contributed by atoms with Crippen molar-refractivity contribution in [1.82, 2.24) is 10.2 Å². The van der Waals surface area contributed by atoms with Gasteiger partial charge in [0.05, 0.1) is 0 Å². The highest BCUT2D eigenvalue weighted by molar-refractivity contribution is 5.85. The van der Waals surface area contributed by atoms with Gasteiger partial charge in [0.2, 0.25) is 0 Å².